The predicted molar refractivity (Wildman–Crippen MR) is 121 cm³/mol. The topological polar surface area (TPSA) is 54.0 Å². The SMILES string of the molecule is COc1cc(OC)cc(C2=C(c3ccc(C)cc3)C(=O)c3cc(OC)cc(OC)c32)c1. The number of hydrogen-bond donors (Lipinski definition) is 0. The Bertz CT molecular complexity index is 1170. The summed E-state index contributed by atoms with van der Waals surface area (Å²) < 4.78 is 22.1. The number of Topliss-reactive ketones (excluding diaryl/α,β-unsaturated/α-hetero) is 1. The van der Waals surface area contributed by atoms with E-state index in [0.29, 0.717) is 34.1 Å². The molecule has 1 aliphatic rings. The Kier molecular flexibility index (Phi) is 5.42. The number of fused-ring (bicyclic) bond motifs is 1. The van der Waals surface area contributed by atoms with Crippen LogP contribution in [0, 0.1) is 6.92 Å². The lowest BCUT2D eigenvalue weighted by Gasteiger charge is -2.15. The maximum absolute atomic E-state index is 13.7. The van der Waals surface area contributed by atoms with Crippen molar-refractivity contribution in [1.29, 1.82) is 0 Å². The van der Waals surface area contributed by atoms with Crippen LogP contribution in [0.15, 0.2) is 54.6 Å². The molecule has 0 saturated heterocycles. The normalized spacial score (nSPS) is 12.6. The highest BCUT2D eigenvalue weighted by molar-refractivity contribution is 6.42. The zero-order valence-corrected chi connectivity index (χ0v) is 18.2. The van der Waals surface area contributed by atoms with Gasteiger partial charge in [-0.25, -0.2) is 0 Å². The third-order valence-corrected chi connectivity index (χ3v) is 5.48. The molecule has 0 N–H and O–H groups in total. The van der Waals surface area contributed by atoms with Crippen LogP contribution in [0.5, 0.6) is 23.0 Å². The van der Waals surface area contributed by atoms with Crippen LogP contribution in [0.3, 0.4) is 0 Å². The fourth-order valence-electron chi connectivity index (χ4n) is 3.92. The number of ether oxygens (including phenoxy) is 4. The van der Waals surface area contributed by atoms with Gasteiger partial charge in [-0.05, 0) is 36.2 Å². The summed E-state index contributed by atoms with van der Waals surface area (Å²) in [6, 6.07) is 17.1. The van der Waals surface area contributed by atoms with Crippen molar-refractivity contribution in [3.63, 3.8) is 0 Å². The molecule has 3 aromatic carbocycles. The van der Waals surface area contributed by atoms with Gasteiger partial charge in [0.25, 0.3) is 0 Å². The van der Waals surface area contributed by atoms with Crippen molar-refractivity contribution in [2.75, 3.05) is 28.4 Å². The fourth-order valence-corrected chi connectivity index (χ4v) is 3.92. The molecule has 0 fully saturated rings. The van der Waals surface area contributed by atoms with E-state index < -0.39 is 0 Å². The summed E-state index contributed by atoms with van der Waals surface area (Å²) in [6.45, 7) is 2.02. The molecule has 0 amide bonds. The van der Waals surface area contributed by atoms with Crippen molar-refractivity contribution < 1.29 is 23.7 Å². The van der Waals surface area contributed by atoms with Crippen LogP contribution >= 0.6 is 0 Å². The summed E-state index contributed by atoms with van der Waals surface area (Å²) in [4.78, 5) is 13.7. The van der Waals surface area contributed by atoms with Gasteiger partial charge in [-0.15, -0.1) is 0 Å². The summed E-state index contributed by atoms with van der Waals surface area (Å²) in [5, 5.41) is 0. The molecule has 0 unspecified atom stereocenters. The summed E-state index contributed by atoms with van der Waals surface area (Å²) in [5.41, 5.74) is 5.43. The molecule has 0 radical (unpaired) electrons. The molecule has 158 valence electrons. The second-order valence-corrected chi connectivity index (χ2v) is 7.30. The maximum atomic E-state index is 13.7. The Hall–Kier alpha value is -3.73. The van der Waals surface area contributed by atoms with Crippen LogP contribution in [-0.4, -0.2) is 34.2 Å². The van der Waals surface area contributed by atoms with E-state index in [4.69, 9.17) is 18.9 Å². The van der Waals surface area contributed by atoms with Crippen LogP contribution in [-0.2, 0) is 0 Å². The molecule has 1 aliphatic carbocycles. The molecule has 5 nitrogen and oxygen atoms in total. The quantitative estimate of drug-likeness (QED) is 0.554. The summed E-state index contributed by atoms with van der Waals surface area (Å²) in [5.74, 6) is 2.34. The van der Waals surface area contributed by atoms with E-state index in [1.165, 1.54) is 0 Å². The Morgan fingerprint density at radius 1 is 0.613 bits per heavy atom. The number of aryl methyl sites for hydroxylation is 1. The van der Waals surface area contributed by atoms with Gasteiger partial charge in [-0.3, -0.25) is 4.79 Å². The van der Waals surface area contributed by atoms with E-state index in [1.54, 1.807) is 46.6 Å². The number of rotatable bonds is 6. The number of benzene rings is 3. The Morgan fingerprint density at radius 2 is 1.19 bits per heavy atom. The average molecular weight is 416 g/mol. The molecule has 4 rings (SSSR count). The van der Waals surface area contributed by atoms with E-state index in [9.17, 15) is 4.79 Å². The molecule has 0 heterocycles. The highest BCUT2D eigenvalue weighted by Gasteiger charge is 2.35. The average Bonchev–Trinajstić information content (AvgIpc) is 3.10. The fraction of sp³-hybridized carbons (Fsp3) is 0.192. The zero-order chi connectivity index (χ0) is 22.1. The number of carbonyl (C=O) groups is 1. The van der Waals surface area contributed by atoms with Gasteiger partial charge in [0.15, 0.2) is 5.78 Å². The highest BCUT2D eigenvalue weighted by atomic mass is 16.5. The zero-order valence-electron chi connectivity index (χ0n) is 18.2. The number of ketones is 1. The second-order valence-electron chi connectivity index (χ2n) is 7.30. The van der Waals surface area contributed by atoms with Gasteiger partial charge in [0, 0.05) is 34.4 Å². The largest absolute Gasteiger partial charge is 0.497 e. The van der Waals surface area contributed by atoms with E-state index in [0.717, 1.165) is 27.8 Å². The Morgan fingerprint density at radius 3 is 1.74 bits per heavy atom. The minimum atomic E-state index is -0.0761. The first-order valence-corrected chi connectivity index (χ1v) is 9.86. The number of allylic oxidation sites excluding steroid dienone is 1. The molecule has 3 aromatic rings. The molecule has 0 aromatic heterocycles. The summed E-state index contributed by atoms with van der Waals surface area (Å²) in [7, 11) is 6.37. The van der Waals surface area contributed by atoms with E-state index in [1.807, 2.05) is 43.3 Å². The van der Waals surface area contributed by atoms with Crippen LogP contribution < -0.4 is 18.9 Å². The lowest BCUT2D eigenvalue weighted by atomic mass is 9.93. The number of hydrogen-bond acceptors (Lipinski definition) is 5. The summed E-state index contributed by atoms with van der Waals surface area (Å²) >= 11 is 0. The monoisotopic (exact) mass is 416 g/mol. The third-order valence-electron chi connectivity index (χ3n) is 5.48. The minimum Gasteiger partial charge on any atom is -0.497 e. The van der Waals surface area contributed by atoms with Crippen molar-refractivity contribution in [2.24, 2.45) is 0 Å². The first kappa shape index (κ1) is 20.5. The molecule has 5 heteroatoms. The van der Waals surface area contributed by atoms with E-state index >= 15 is 0 Å². The molecule has 0 atom stereocenters. The van der Waals surface area contributed by atoms with Gasteiger partial charge in [-0.1, -0.05) is 29.8 Å². The van der Waals surface area contributed by atoms with Gasteiger partial charge in [0.2, 0.25) is 0 Å². The van der Waals surface area contributed by atoms with Crippen molar-refractivity contribution in [3.05, 3.63) is 82.4 Å². The molecule has 0 spiro atoms. The van der Waals surface area contributed by atoms with Crippen LogP contribution in [0.25, 0.3) is 11.1 Å². The van der Waals surface area contributed by atoms with Crippen molar-refractivity contribution >= 4 is 16.9 Å². The lowest BCUT2D eigenvalue weighted by Crippen LogP contribution is -2.00. The van der Waals surface area contributed by atoms with Gasteiger partial charge in [0.1, 0.15) is 23.0 Å². The first-order valence-electron chi connectivity index (χ1n) is 9.86. The number of methoxy groups -OCH3 is 4. The van der Waals surface area contributed by atoms with Crippen LogP contribution in [0.1, 0.15) is 32.6 Å². The van der Waals surface area contributed by atoms with Crippen LogP contribution in [0.2, 0.25) is 0 Å². The summed E-state index contributed by atoms with van der Waals surface area (Å²) in [6.07, 6.45) is 0. The maximum Gasteiger partial charge on any atom is 0.195 e. The van der Waals surface area contributed by atoms with Gasteiger partial charge >= 0.3 is 0 Å². The van der Waals surface area contributed by atoms with Crippen molar-refractivity contribution in [3.8, 4) is 23.0 Å². The predicted octanol–water partition coefficient (Wildman–Crippen LogP) is 5.18. The third kappa shape index (κ3) is 3.52. The standard InChI is InChI=1S/C26H24O5/c1-15-6-8-16(9-7-15)24-23(17-10-18(28-2)12-19(11-17)29-3)25-21(26(24)27)13-20(30-4)14-22(25)31-5/h6-14H,1-5H3. The van der Waals surface area contributed by atoms with Crippen molar-refractivity contribution in [2.45, 2.75) is 6.92 Å². The van der Waals surface area contributed by atoms with Gasteiger partial charge in [0.05, 0.1) is 28.4 Å². The second kappa shape index (κ2) is 8.19. The smallest absolute Gasteiger partial charge is 0.195 e. The molecular weight excluding hydrogens is 392 g/mol. The van der Waals surface area contributed by atoms with Crippen LogP contribution in [0.4, 0.5) is 0 Å². The molecule has 0 saturated carbocycles. The lowest BCUT2D eigenvalue weighted by molar-refractivity contribution is 0.105. The first-order chi connectivity index (χ1) is 15.0. The van der Waals surface area contributed by atoms with Gasteiger partial charge < -0.3 is 18.9 Å². The van der Waals surface area contributed by atoms with Gasteiger partial charge in [-0.2, -0.15) is 0 Å². The molecular formula is C26H24O5. The minimum absolute atomic E-state index is 0.0761. The molecule has 0 bridgehead atoms. The van der Waals surface area contributed by atoms with Crippen molar-refractivity contribution in [1.82, 2.24) is 0 Å². The highest BCUT2D eigenvalue weighted by Crippen LogP contribution is 2.48. The Labute approximate surface area is 181 Å². The molecule has 31 heavy (non-hydrogen) atoms. The number of carbonyl (C=O) groups excluding carboxylic acids is 1. The van der Waals surface area contributed by atoms with E-state index in [-0.39, 0.29) is 5.78 Å². The molecule has 0 aliphatic heterocycles. The Balaban J connectivity index is 2.08. The van der Waals surface area contributed by atoms with E-state index in [2.05, 4.69) is 0 Å².